The minimum Gasteiger partial charge on any atom is -0.465 e. The number of benzene rings is 1. The number of hydrogen-bond acceptors (Lipinski definition) is 4. The molecule has 0 saturated carbocycles. The summed E-state index contributed by atoms with van der Waals surface area (Å²) >= 11 is 1.80. The molecule has 0 radical (unpaired) electrons. The first-order valence-corrected chi connectivity index (χ1v) is 6.37. The summed E-state index contributed by atoms with van der Waals surface area (Å²) in [6, 6.07) is 8.03. The van der Waals surface area contributed by atoms with Gasteiger partial charge in [0.1, 0.15) is 6.54 Å². The van der Waals surface area contributed by atoms with Crippen LogP contribution >= 0.6 is 11.8 Å². The lowest BCUT2D eigenvalue weighted by Crippen LogP contribution is -2.16. The van der Waals surface area contributed by atoms with Gasteiger partial charge in [-0.05, 0) is 36.9 Å². The largest absolute Gasteiger partial charge is 0.465 e. The lowest BCUT2D eigenvalue weighted by atomic mass is 10.3. The van der Waals surface area contributed by atoms with Crippen LogP contribution in [0.1, 0.15) is 13.8 Å². The zero-order valence-corrected chi connectivity index (χ0v) is 10.5. The van der Waals surface area contributed by atoms with E-state index in [1.165, 1.54) is 4.90 Å². The molecule has 0 aliphatic rings. The number of ether oxygens (including phenoxy) is 1. The third-order valence-electron chi connectivity index (χ3n) is 1.91. The molecule has 0 amide bonds. The summed E-state index contributed by atoms with van der Waals surface area (Å²) in [5.41, 5.74) is 0.938. The number of nitrogens with one attached hydrogen (secondary N) is 1. The maximum atomic E-state index is 11.1. The maximum absolute atomic E-state index is 11.1. The van der Waals surface area contributed by atoms with E-state index in [4.69, 9.17) is 4.74 Å². The van der Waals surface area contributed by atoms with E-state index in [0.29, 0.717) is 6.61 Å². The van der Waals surface area contributed by atoms with Gasteiger partial charge >= 0.3 is 5.97 Å². The number of carbonyl (C=O) groups excluding carboxylic acids is 1. The summed E-state index contributed by atoms with van der Waals surface area (Å²) < 4.78 is 4.82. The molecule has 88 valence electrons. The van der Waals surface area contributed by atoms with E-state index in [9.17, 15) is 4.79 Å². The maximum Gasteiger partial charge on any atom is 0.325 e. The zero-order chi connectivity index (χ0) is 11.8. The smallest absolute Gasteiger partial charge is 0.325 e. The molecule has 0 aliphatic heterocycles. The van der Waals surface area contributed by atoms with Crippen molar-refractivity contribution in [3.8, 4) is 0 Å². The Balaban J connectivity index is 2.40. The SMILES string of the molecule is CCOC(=O)CNc1ccc(SCC)cc1. The van der Waals surface area contributed by atoms with E-state index in [0.717, 1.165) is 11.4 Å². The molecule has 1 aromatic carbocycles. The minimum atomic E-state index is -0.227. The minimum absolute atomic E-state index is 0.216. The Morgan fingerprint density at radius 2 is 2.00 bits per heavy atom. The van der Waals surface area contributed by atoms with Crippen LogP contribution in [0.5, 0.6) is 0 Å². The average Bonchev–Trinajstić information content (AvgIpc) is 2.29. The van der Waals surface area contributed by atoms with Crippen molar-refractivity contribution in [2.24, 2.45) is 0 Å². The van der Waals surface area contributed by atoms with Gasteiger partial charge in [-0.1, -0.05) is 6.92 Å². The van der Waals surface area contributed by atoms with Gasteiger partial charge in [-0.2, -0.15) is 0 Å². The van der Waals surface area contributed by atoms with E-state index in [2.05, 4.69) is 12.2 Å². The van der Waals surface area contributed by atoms with Crippen molar-refractivity contribution in [3.63, 3.8) is 0 Å². The standard InChI is InChI=1S/C12H17NO2S/c1-3-15-12(14)9-13-10-5-7-11(8-6-10)16-4-2/h5-8,13H,3-4,9H2,1-2H3. The number of carbonyl (C=O) groups is 1. The Morgan fingerprint density at radius 3 is 2.56 bits per heavy atom. The van der Waals surface area contributed by atoms with Crippen LogP contribution in [0.3, 0.4) is 0 Å². The number of thioether (sulfide) groups is 1. The van der Waals surface area contributed by atoms with Crippen molar-refractivity contribution in [1.29, 1.82) is 0 Å². The quantitative estimate of drug-likeness (QED) is 0.612. The normalized spacial score (nSPS) is 9.88. The molecular weight excluding hydrogens is 222 g/mol. The van der Waals surface area contributed by atoms with Crippen LogP contribution in [0.25, 0.3) is 0 Å². The molecule has 0 heterocycles. The monoisotopic (exact) mass is 239 g/mol. The van der Waals surface area contributed by atoms with Gasteiger partial charge in [0.25, 0.3) is 0 Å². The fourth-order valence-electron chi connectivity index (χ4n) is 1.22. The van der Waals surface area contributed by atoms with E-state index in [1.807, 2.05) is 24.3 Å². The summed E-state index contributed by atoms with van der Waals surface area (Å²) in [5.74, 6) is 0.838. The molecule has 4 heteroatoms. The van der Waals surface area contributed by atoms with E-state index in [-0.39, 0.29) is 12.5 Å². The lowest BCUT2D eigenvalue weighted by molar-refractivity contribution is -0.140. The van der Waals surface area contributed by atoms with Crippen LogP contribution in [-0.4, -0.2) is 24.9 Å². The topological polar surface area (TPSA) is 38.3 Å². The second-order valence-corrected chi connectivity index (χ2v) is 4.45. The highest BCUT2D eigenvalue weighted by Crippen LogP contribution is 2.19. The Hall–Kier alpha value is -1.16. The van der Waals surface area contributed by atoms with Gasteiger partial charge in [-0.25, -0.2) is 0 Å². The fourth-order valence-corrected chi connectivity index (χ4v) is 1.88. The third kappa shape index (κ3) is 4.57. The molecular formula is C12H17NO2S. The van der Waals surface area contributed by atoms with Gasteiger partial charge in [0.05, 0.1) is 6.61 Å². The van der Waals surface area contributed by atoms with Gasteiger partial charge in [0.2, 0.25) is 0 Å². The van der Waals surface area contributed by atoms with Gasteiger partial charge in [0.15, 0.2) is 0 Å². The second-order valence-electron chi connectivity index (χ2n) is 3.12. The van der Waals surface area contributed by atoms with Crippen LogP contribution < -0.4 is 5.32 Å². The highest BCUT2D eigenvalue weighted by Gasteiger charge is 2.00. The van der Waals surface area contributed by atoms with E-state index in [1.54, 1.807) is 18.7 Å². The Morgan fingerprint density at radius 1 is 1.31 bits per heavy atom. The first-order valence-electron chi connectivity index (χ1n) is 5.38. The predicted molar refractivity (Wildman–Crippen MR) is 68.0 cm³/mol. The Labute approximate surface area is 101 Å². The summed E-state index contributed by atoms with van der Waals surface area (Å²) in [6.07, 6.45) is 0. The first kappa shape index (κ1) is 12.9. The zero-order valence-electron chi connectivity index (χ0n) is 9.66. The van der Waals surface area contributed by atoms with E-state index >= 15 is 0 Å². The molecule has 1 rings (SSSR count). The summed E-state index contributed by atoms with van der Waals surface area (Å²) in [4.78, 5) is 12.3. The fraction of sp³-hybridized carbons (Fsp3) is 0.417. The van der Waals surface area contributed by atoms with Gasteiger partial charge in [-0.3, -0.25) is 4.79 Å². The van der Waals surface area contributed by atoms with Crippen LogP contribution in [0.15, 0.2) is 29.2 Å². The van der Waals surface area contributed by atoms with Crippen molar-refractivity contribution in [2.45, 2.75) is 18.7 Å². The number of esters is 1. The van der Waals surface area contributed by atoms with Gasteiger partial charge < -0.3 is 10.1 Å². The summed E-state index contributed by atoms with van der Waals surface area (Å²) in [5, 5.41) is 3.01. The lowest BCUT2D eigenvalue weighted by Gasteiger charge is -2.06. The molecule has 0 fully saturated rings. The van der Waals surface area contributed by atoms with Crippen molar-refractivity contribution in [1.82, 2.24) is 0 Å². The molecule has 3 nitrogen and oxygen atoms in total. The molecule has 0 spiro atoms. The average molecular weight is 239 g/mol. The number of hydrogen-bond donors (Lipinski definition) is 1. The van der Waals surface area contributed by atoms with Crippen LogP contribution in [0, 0.1) is 0 Å². The van der Waals surface area contributed by atoms with Gasteiger partial charge in [0, 0.05) is 10.6 Å². The Bertz CT molecular complexity index is 324. The third-order valence-corrected chi connectivity index (χ3v) is 2.80. The highest BCUT2D eigenvalue weighted by molar-refractivity contribution is 7.99. The molecule has 0 unspecified atom stereocenters. The number of anilines is 1. The van der Waals surface area contributed by atoms with Crippen molar-refractivity contribution >= 4 is 23.4 Å². The van der Waals surface area contributed by atoms with Crippen LogP contribution in [-0.2, 0) is 9.53 Å². The predicted octanol–water partition coefficient (Wildman–Crippen LogP) is 2.77. The van der Waals surface area contributed by atoms with E-state index < -0.39 is 0 Å². The summed E-state index contributed by atoms with van der Waals surface area (Å²) in [7, 11) is 0. The first-order chi connectivity index (χ1) is 7.76. The highest BCUT2D eigenvalue weighted by atomic mass is 32.2. The summed E-state index contributed by atoms with van der Waals surface area (Å²) in [6.45, 7) is 4.56. The Kier molecular flexibility index (Phi) is 5.78. The number of rotatable bonds is 6. The van der Waals surface area contributed by atoms with Crippen molar-refractivity contribution < 1.29 is 9.53 Å². The molecule has 16 heavy (non-hydrogen) atoms. The molecule has 0 atom stereocenters. The second kappa shape index (κ2) is 7.17. The molecule has 0 saturated heterocycles. The molecule has 0 aromatic heterocycles. The molecule has 0 bridgehead atoms. The van der Waals surface area contributed by atoms with Crippen molar-refractivity contribution in [3.05, 3.63) is 24.3 Å². The van der Waals surface area contributed by atoms with Crippen molar-refractivity contribution in [2.75, 3.05) is 24.2 Å². The van der Waals surface area contributed by atoms with Crippen LogP contribution in [0.4, 0.5) is 5.69 Å². The molecule has 0 aliphatic carbocycles. The van der Waals surface area contributed by atoms with Crippen LogP contribution in [0.2, 0.25) is 0 Å². The molecule has 1 aromatic rings. The van der Waals surface area contributed by atoms with Gasteiger partial charge in [-0.15, -0.1) is 11.8 Å². The molecule has 1 N–H and O–H groups in total.